The molecule has 0 aliphatic heterocycles. The monoisotopic (exact) mass is 226 g/mol. The van der Waals surface area contributed by atoms with Gasteiger partial charge in [-0.3, -0.25) is 4.48 Å². The fourth-order valence-electron chi connectivity index (χ4n) is 2.37. The highest BCUT2D eigenvalue weighted by Crippen LogP contribution is 2.25. The molecule has 0 saturated carbocycles. The van der Waals surface area contributed by atoms with Crippen LogP contribution < -0.4 is 4.48 Å². The SMILES string of the molecule is Cc1ccccc1[N+](C)(C)Cc1ccccc1. The van der Waals surface area contributed by atoms with E-state index in [1.807, 2.05) is 0 Å². The molecular weight excluding hydrogens is 206 g/mol. The first kappa shape index (κ1) is 11.9. The first-order valence-electron chi connectivity index (χ1n) is 6.03. The van der Waals surface area contributed by atoms with E-state index in [2.05, 4.69) is 75.6 Å². The largest absolute Gasteiger partial charge is 0.292 e. The molecule has 0 unspecified atom stereocenters. The molecule has 0 spiro atoms. The van der Waals surface area contributed by atoms with Crippen LogP contribution in [0.1, 0.15) is 11.1 Å². The summed E-state index contributed by atoms with van der Waals surface area (Å²) in [5, 5.41) is 0. The molecule has 0 N–H and O–H groups in total. The number of para-hydroxylation sites is 1. The van der Waals surface area contributed by atoms with Gasteiger partial charge in [0.15, 0.2) is 0 Å². The van der Waals surface area contributed by atoms with Gasteiger partial charge in [0.25, 0.3) is 0 Å². The van der Waals surface area contributed by atoms with Crippen molar-refractivity contribution in [3.63, 3.8) is 0 Å². The van der Waals surface area contributed by atoms with Gasteiger partial charge >= 0.3 is 0 Å². The van der Waals surface area contributed by atoms with Gasteiger partial charge in [-0.1, -0.05) is 48.5 Å². The highest BCUT2D eigenvalue weighted by atomic mass is 15.3. The fourth-order valence-corrected chi connectivity index (χ4v) is 2.37. The van der Waals surface area contributed by atoms with E-state index in [1.54, 1.807) is 0 Å². The second-order valence-electron chi connectivity index (χ2n) is 5.12. The summed E-state index contributed by atoms with van der Waals surface area (Å²) in [5.41, 5.74) is 4.12. The van der Waals surface area contributed by atoms with Gasteiger partial charge in [0.1, 0.15) is 12.2 Å². The third kappa shape index (κ3) is 2.75. The Morgan fingerprint density at radius 3 is 2.06 bits per heavy atom. The standard InChI is InChI=1S/C16H20N/c1-14-9-7-8-12-16(14)17(2,3)13-15-10-5-4-6-11-15/h4-12H,13H2,1-3H3/q+1. The van der Waals surface area contributed by atoms with Gasteiger partial charge in [0.05, 0.1) is 14.1 Å². The predicted molar refractivity (Wildman–Crippen MR) is 75.0 cm³/mol. The van der Waals surface area contributed by atoms with Gasteiger partial charge in [-0.05, 0) is 13.0 Å². The Morgan fingerprint density at radius 1 is 0.824 bits per heavy atom. The number of nitrogens with zero attached hydrogens (tertiary/aromatic N) is 1. The van der Waals surface area contributed by atoms with Crippen molar-refractivity contribution in [2.75, 3.05) is 14.1 Å². The van der Waals surface area contributed by atoms with E-state index in [4.69, 9.17) is 0 Å². The molecule has 0 radical (unpaired) electrons. The smallest absolute Gasteiger partial charge is 0.135 e. The van der Waals surface area contributed by atoms with Gasteiger partial charge in [0.2, 0.25) is 0 Å². The maximum atomic E-state index is 2.26. The van der Waals surface area contributed by atoms with Crippen LogP contribution in [-0.2, 0) is 6.54 Å². The second-order valence-corrected chi connectivity index (χ2v) is 5.12. The summed E-state index contributed by atoms with van der Waals surface area (Å²) < 4.78 is 0.886. The Balaban J connectivity index is 2.28. The lowest BCUT2D eigenvalue weighted by Crippen LogP contribution is -2.40. The van der Waals surface area contributed by atoms with Crippen molar-refractivity contribution in [1.29, 1.82) is 0 Å². The number of quaternary nitrogens is 1. The van der Waals surface area contributed by atoms with E-state index in [-0.39, 0.29) is 0 Å². The molecule has 0 atom stereocenters. The third-order valence-corrected chi connectivity index (χ3v) is 3.19. The lowest BCUT2D eigenvalue weighted by molar-refractivity contribution is 0.390. The van der Waals surface area contributed by atoms with Gasteiger partial charge in [-0.25, -0.2) is 0 Å². The van der Waals surface area contributed by atoms with Crippen LogP contribution in [0.3, 0.4) is 0 Å². The van der Waals surface area contributed by atoms with Gasteiger partial charge < -0.3 is 0 Å². The fraction of sp³-hybridized carbons (Fsp3) is 0.250. The molecule has 0 heterocycles. The normalized spacial score (nSPS) is 11.5. The van der Waals surface area contributed by atoms with E-state index < -0.39 is 0 Å². The van der Waals surface area contributed by atoms with Gasteiger partial charge in [-0.15, -0.1) is 0 Å². The minimum Gasteiger partial charge on any atom is -0.292 e. The summed E-state index contributed by atoms with van der Waals surface area (Å²) in [6.07, 6.45) is 0. The first-order chi connectivity index (χ1) is 8.09. The van der Waals surface area contributed by atoms with Gasteiger partial charge in [0, 0.05) is 11.1 Å². The van der Waals surface area contributed by atoms with Crippen LogP contribution in [0.5, 0.6) is 0 Å². The Kier molecular flexibility index (Phi) is 3.30. The highest BCUT2D eigenvalue weighted by molar-refractivity contribution is 5.49. The summed E-state index contributed by atoms with van der Waals surface area (Å²) in [4.78, 5) is 0. The summed E-state index contributed by atoms with van der Waals surface area (Å²) in [7, 11) is 4.52. The van der Waals surface area contributed by atoms with Crippen LogP contribution in [0.25, 0.3) is 0 Å². The highest BCUT2D eigenvalue weighted by Gasteiger charge is 2.21. The molecule has 2 rings (SSSR count). The number of rotatable bonds is 3. The van der Waals surface area contributed by atoms with Crippen molar-refractivity contribution in [3.05, 3.63) is 65.7 Å². The molecule has 1 heteroatoms. The maximum absolute atomic E-state index is 2.26. The van der Waals surface area contributed by atoms with Crippen molar-refractivity contribution in [2.24, 2.45) is 0 Å². The zero-order valence-electron chi connectivity index (χ0n) is 10.9. The first-order valence-corrected chi connectivity index (χ1v) is 6.03. The van der Waals surface area contributed by atoms with Crippen LogP contribution in [0.2, 0.25) is 0 Å². The van der Waals surface area contributed by atoms with Crippen molar-refractivity contribution >= 4 is 5.69 Å². The minimum absolute atomic E-state index is 0.886. The Bertz CT molecular complexity index is 486. The predicted octanol–water partition coefficient (Wildman–Crippen LogP) is 3.76. The second kappa shape index (κ2) is 4.72. The Hall–Kier alpha value is -1.60. The molecule has 0 aliphatic rings. The molecule has 88 valence electrons. The van der Waals surface area contributed by atoms with Crippen LogP contribution >= 0.6 is 0 Å². The third-order valence-electron chi connectivity index (χ3n) is 3.19. The average molecular weight is 226 g/mol. The molecular formula is C16H20N+. The van der Waals surface area contributed by atoms with Crippen LogP contribution in [0.15, 0.2) is 54.6 Å². The van der Waals surface area contributed by atoms with E-state index in [0.29, 0.717) is 0 Å². The summed E-state index contributed by atoms with van der Waals surface area (Å²) in [5.74, 6) is 0. The molecule has 0 saturated heterocycles. The summed E-state index contributed by atoms with van der Waals surface area (Å²) >= 11 is 0. The van der Waals surface area contributed by atoms with Crippen LogP contribution in [0.4, 0.5) is 5.69 Å². The van der Waals surface area contributed by atoms with Crippen molar-refractivity contribution in [3.8, 4) is 0 Å². The zero-order valence-corrected chi connectivity index (χ0v) is 10.9. The molecule has 17 heavy (non-hydrogen) atoms. The Morgan fingerprint density at radius 2 is 1.41 bits per heavy atom. The van der Waals surface area contributed by atoms with E-state index >= 15 is 0 Å². The molecule has 2 aromatic rings. The topological polar surface area (TPSA) is 0 Å². The minimum atomic E-state index is 0.886. The number of hydrogen-bond acceptors (Lipinski definition) is 0. The number of benzene rings is 2. The van der Waals surface area contributed by atoms with Crippen molar-refractivity contribution in [1.82, 2.24) is 4.48 Å². The molecule has 0 aliphatic carbocycles. The van der Waals surface area contributed by atoms with E-state index in [0.717, 1.165) is 11.0 Å². The lowest BCUT2D eigenvalue weighted by atomic mass is 10.1. The molecule has 0 bridgehead atoms. The summed E-state index contributed by atoms with van der Waals surface area (Å²) in [6.45, 7) is 3.20. The van der Waals surface area contributed by atoms with E-state index in [9.17, 15) is 0 Å². The molecule has 2 aromatic carbocycles. The Labute approximate surface area is 104 Å². The molecule has 0 amide bonds. The average Bonchev–Trinajstić information content (AvgIpc) is 2.30. The number of hydrogen-bond donors (Lipinski definition) is 0. The molecule has 0 aromatic heterocycles. The maximum Gasteiger partial charge on any atom is 0.135 e. The van der Waals surface area contributed by atoms with Gasteiger partial charge in [-0.2, -0.15) is 0 Å². The molecule has 0 fully saturated rings. The quantitative estimate of drug-likeness (QED) is 0.699. The van der Waals surface area contributed by atoms with Crippen LogP contribution in [0, 0.1) is 6.92 Å². The van der Waals surface area contributed by atoms with E-state index in [1.165, 1.54) is 16.8 Å². The van der Waals surface area contributed by atoms with Crippen LogP contribution in [-0.4, -0.2) is 14.1 Å². The zero-order chi connectivity index (χ0) is 12.3. The lowest BCUT2D eigenvalue weighted by Gasteiger charge is -2.30. The summed E-state index contributed by atoms with van der Waals surface area (Å²) in [6, 6.07) is 19.3. The molecule has 1 nitrogen and oxygen atoms in total. The number of aryl methyl sites for hydroxylation is 1. The van der Waals surface area contributed by atoms with Crippen molar-refractivity contribution < 1.29 is 0 Å². The van der Waals surface area contributed by atoms with Crippen molar-refractivity contribution in [2.45, 2.75) is 13.5 Å².